The van der Waals surface area contributed by atoms with Gasteiger partial charge in [0.05, 0.1) is 28.7 Å². The number of rotatable bonds is 6. The zero-order valence-corrected chi connectivity index (χ0v) is 21.9. The van der Waals surface area contributed by atoms with Crippen molar-refractivity contribution in [3.05, 3.63) is 69.2 Å². The number of hydrogen-bond donors (Lipinski definition) is 3. The van der Waals surface area contributed by atoms with Crippen LogP contribution in [0.1, 0.15) is 16.7 Å². The zero-order chi connectivity index (χ0) is 27.2. The molecule has 2 saturated heterocycles. The van der Waals surface area contributed by atoms with Gasteiger partial charge in [-0.1, -0.05) is 34.7 Å². The molecule has 0 radical (unpaired) electrons. The molecule has 2 aromatic carbocycles. The Morgan fingerprint density at radius 3 is 2.66 bits per heavy atom. The van der Waals surface area contributed by atoms with Gasteiger partial charge in [-0.05, 0) is 53.2 Å². The second kappa shape index (κ2) is 10.2. The lowest BCUT2D eigenvalue weighted by Gasteiger charge is -2.36. The number of amides is 2. The van der Waals surface area contributed by atoms with Gasteiger partial charge < -0.3 is 0 Å². The van der Waals surface area contributed by atoms with Gasteiger partial charge in [-0.2, -0.15) is 22.6 Å². The molecule has 2 aliphatic heterocycles. The Bertz CT molecular complexity index is 1460. The van der Waals surface area contributed by atoms with Crippen molar-refractivity contribution in [1.82, 2.24) is 23.7 Å². The largest absolute Gasteiger partial charge is 0.416 e. The molecule has 15 heteroatoms. The topological polar surface area (TPSA) is 111 Å². The Kier molecular flexibility index (Phi) is 7.24. The fraction of sp³-hybridized carbons (Fsp3) is 0.261. The van der Waals surface area contributed by atoms with Gasteiger partial charge in [-0.3, -0.25) is 28.3 Å². The van der Waals surface area contributed by atoms with Crippen LogP contribution in [0.3, 0.4) is 0 Å². The maximum absolute atomic E-state index is 13.5. The van der Waals surface area contributed by atoms with Crippen LogP contribution in [0.4, 0.5) is 18.0 Å². The third-order valence-corrected chi connectivity index (χ3v) is 8.94. The molecule has 2 aliphatic rings. The molecule has 3 aromatic rings. The molecule has 1 aromatic heterocycles. The molecule has 2 amide bonds. The normalized spacial score (nSPS) is 20.3. The van der Waals surface area contributed by atoms with Gasteiger partial charge in [0.1, 0.15) is 0 Å². The van der Waals surface area contributed by atoms with Crippen molar-refractivity contribution in [2.75, 3.05) is 26.2 Å². The monoisotopic (exact) mass is 587 g/mol. The van der Waals surface area contributed by atoms with Gasteiger partial charge in [0.2, 0.25) is 0 Å². The van der Waals surface area contributed by atoms with Crippen LogP contribution in [0.5, 0.6) is 0 Å². The molecule has 0 saturated carbocycles. The molecule has 0 bridgehead atoms. The summed E-state index contributed by atoms with van der Waals surface area (Å²) in [6, 6.07) is 8.71. The van der Waals surface area contributed by atoms with Crippen LogP contribution in [0.15, 0.2) is 47.5 Å². The highest BCUT2D eigenvalue weighted by Gasteiger charge is 2.37. The Morgan fingerprint density at radius 2 is 1.95 bits per heavy atom. The smallest absolute Gasteiger partial charge is 0.272 e. The quantitative estimate of drug-likeness (QED) is 0.334. The van der Waals surface area contributed by atoms with Crippen molar-refractivity contribution in [2.24, 2.45) is 0 Å². The number of nitrogens with zero attached hydrogens (tertiary/aromatic N) is 4. The van der Waals surface area contributed by atoms with E-state index in [9.17, 15) is 31.9 Å². The lowest BCUT2D eigenvalue weighted by atomic mass is 10.1. The first-order valence-electron chi connectivity index (χ1n) is 11.3. The second-order valence-corrected chi connectivity index (χ2v) is 11.9. The fourth-order valence-electron chi connectivity index (χ4n) is 4.25. The zero-order valence-electron chi connectivity index (χ0n) is 19.5. The number of fused-ring (bicyclic) bond motifs is 1. The minimum absolute atomic E-state index is 0.00970. The molecule has 0 aliphatic carbocycles. The van der Waals surface area contributed by atoms with Crippen molar-refractivity contribution in [3.8, 4) is 0 Å². The van der Waals surface area contributed by atoms with E-state index in [1.165, 1.54) is 27.3 Å². The van der Waals surface area contributed by atoms with E-state index in [2.05, 4.69) is 9.82 Å². The maximum Gasteiger partial charge on any atom is 0.416 e. The molecule has 0 spiro atoms. The predicted molar refractivity (Wildman–Crippen MR) is 140 cm³/mol. The van der Waals surface area contributed by atoms with Crippen LogP contribution < -0.4 is 4.72 Å². The Labute approximate surface area is 225 Å². The van der Waals surface area contributed by atoms with Gasteiger partial charge in [-0.25, -0.2) is 4.72 Å². The molecule has 5 rings (SSSR count). The average Bonchev–Trinajstić information content (AvgIpc) is 3.48. The van der Waals surface area contributed by atoms with Crippen LogP contribution in [-0.2, 0) is 17.5 Å². The molecule has 0 unspecified atom stereocenters. The van der Waals surface area contributed by atoms with Gasteiger partial charge in [0, 0.05) is 36.6 Å². The molecular formula is C23H21ClF3N5O4S2. The van der Waals surface area contributed by atoms with Gasteiger partial charge in [0.25, 0.3) is 11.1 Å². The third kappa shape index (κ3) is 5.43. The van der Waals surface area contributed by atoms with Crippen LogP contribution in [-0.4, -0.2) is 65.4 Å². The Balaban J connectivity index is 1.33. The summed E-state index contributed by atoms with van der Waals surface area (Å²) in [6.07, 6.45) is -1.48. The van der Waals surface area contributed by atoms with Crippen molar-refractivity contribution >= 4 is 62.5 Å². The molecule has 2 fully saturated rings. The van der Waals surface area contributed by atoms with E-state index >= 15 is 0 Å². The number of carbonyl (C=O) groups is 2. The fourth-order valence-corrected chi connectivity index (χ4v) is 6.52. The summed E-state index contributed by atoms with van der Waals surface area (Å²) in [4.78, 5) is 26.5. The van der Waals surface area contributed by atoms with Crippen molar-refractivity contribution in [1.29, 1.82) is 0 Å². The van der Waals surface area contributed by atoms with Gasteiger partial charge >= 0.3 is 6.18 Å². The van der Waals surface area contributed by atoms with E-state index in [0.29, 0.717) is 29.6 Å². The summed E-state index contributed by atoms with van der Waals surface area (Å²) >= 11 is 6.56. The molecule has 3 heterocycles. The predicted octanol–water partition coefficient (Wildman–Crippen LogP) is 5.28. The van der Waals surface area contributed by atoms with E-state index in [1.807, 2.05) is 0 Å². The highest BCUT2D eigenvalue weighted by molar-refractivity contribution is 8.20. The highest BCUT2D eigenvalue weighted by atomic mass is 35.5. The Hall–Kier alpha value is -2.59. The molecular weight excluding hydrogens is 567 g/mol. The molecule has 202 valence electrons. The number of hydrogen-bond acceptors (Lipinski definition) is 8. The third-order valence-electron chi connectivity index (χ3n) is 6.12. The van der Waals surface area contributed by atoms with Crippen molar-refractivity contribution in [3.63, 3.8) is 0 Å². The van der Waals surface area contributed by atoms with Gasteiger partial charge in [0.15, 0.2) is 0 Å². The molecule has 0 atom stereocenters. The Morgan fingerprint density at radius 1 is 1.16 bits per heavy atom. The number of carbonyl (C=O) groups excluding carboxylic acids is 2. The lowest BCUT2D eigenvalue weighted by molar-refractivity contribution is -0.138. The molecule has 9 nitrogen and oxygen atoms in total. The van der Waals surface area contributed by atoms with E-state index in [-0.39, 0.29) is 35.1 Å². The highest BCUT2D eigenvalue weighted by Crippen LogP contribution is 2.42. The van der Waals surface area contributed by atoms with Crippen molar-refractivity contribution in [2.45, 2.75) is 12.7 Å². The number of imide groups is 1. The number of aromatic nitrogens is 2. The van der Waals surface area contributed by atoms with Crippen LogP contribution in [0.25, 0.3) is 17.0 Å². The number of nitrogens with one attached hydrogen (secondary N) is 1. The maximum atomic E-state index is 13.5. The minimum atomic E-state index is -4.56. The van der Waals surface area contributed by atoms with E-state index in [4.69, 9.17) is 11.6 Å². The summed E-state index contributed by atoms with van der Waals surface area (Å²) < 4.78 is 65.7. The first-order valence-corrected chi connectivity index (χ1v) is 14.0. The summed E-state index contributed by atoms with van der Waals surface area (Å²) in [5.41, 5.74) is 0.405. The number of thioether (sulfide) groups is 1. The summed E-state index contributed by atoms with van der Waals surface area (Å²) in [5.74, 6) is -0.484. The number of alkyl halides is 3. The van der Waals surface area contributed by atoms with Crippen molar-refractivity contribution < 1.29 is 31.9 Å². The lowest BCUT2D eigenvalue weighted by Crippen LogP contribution is -2.37. The van der Waals surface area contributed by atoms with Gasteiger partial charge in [-0.15, -0.1) is 0 Å². The first-order chi connectivity index (χ1) is 17.9. The van der Waals surface area contributed by atoms with Crippen LogP contribution in [0.2, 0.25) is 5.02 Å². The summed E-state index contributed by atoms with van der Waals surface area (Å²) in [6.45, 7) is 0.792. The van der Waals surface area contributed by atoms with Crippen LogP contribution >= 0.6 is 34.3 Å². The average molecular weight is 588 g/mol. The standard InChI is InChI=1S/C23H21ClF3N5O4S2/c24-17-3-2-15(18(11-17)23(25,26)27)13-32-19-4-1-14(9-16(19)12-28-32)10-20-21(33)31(22(34)37-20)8-7-30-6-5-29-38(30,35)36/h1-4,9-12,29,35-36H,5-8,13H2/b20-10-. The second-order valence-electron chi connectivity index (χ2n) is 8.60. The first kappa shape index (κ1) is 27.0. The van der Waals surface area contributed by atoms with Crippen LogP contribution in [0, 0.1) is 0 Å². The molecule has 38 heavy (non-hydrogen) atoms. The minimum Gasteiger partial charge on any atom is -0.272 e. The number of halogens is 4. The number of benzene rings is 2. The molecule has 3 N–H and O–H groups in total. The summed E-state index contributed by atoms with van der Waals surface area (Å²) in [5, 5.41) is 4.41. The van der Waals surface area contributed by atoms with E-state index in [0.717, 1.165) is 22.7 Å². The summed E-state index contributed by atoms with van der Waals surface area (Å²) in [7, 11) is -3.08. The van der Waals surface area contributed by atoms with E-state index < -0.39 is 33.8 Å². The van der Waals surface area contributed by atoms with E-state index in [1.54, 1.807) is 24.3 Å². The SMILES string of the molecule is O=C1S/C(=C\c2ccc3c(cnn3Cc3ccc(Cl)cc3C(F)(F)F)c2)C(=O)N1CCN1CCNS1(O)O.